The molecule has 0 radical (unpaired) electrons. The van der Waals surface area contributed by atoms with E-state index in [-0.39, 0.29) is 12.8 Å². The van der Waals surface area contributed by atoms with E-state index in [1.807, 2.05) is 0 Å². The van der Waals surface area contributed by atoms with Gasteiger partial charge in [-0.15, -0.1) is 0 Å². The Kier molecular flexibility index (Phi) is 3.99. The van der Waals surface area contributed by atoms with Crippen LogP contribution in [0.15, 0.2) is 0 Å². The highest BCUT2D eigenvalue weighted by Crippen LogP contribution is 2.35. The summed E-state index contributed by atoms with van der Waals surface area (Å²) in [7, 11) is 1.53. The number of hydrogen-bond acceptors (Lipinski definition) is 2. The van der Waals surface area contributed by atoms with Gasteiger partial charge >= 0.3 is 6.09 Å². The van der Waals surface area contributed by atoms with Crippen molar-refractivity contribution in [1.29, 1.82) is 0 Å². The minimum Gasteiger partial charge on any atom is -0.444 e. The molecule has 17 heavy (non-hydrogen) atoms. The van der Waals surface area contributed by atoms with Crippen LogP contribution in [0.25, 0.3) is 0 Å². The predicted octanol–water partition coefficient (Wildman–Crippen LogP) is 3.43. The molecule has 0 heterocycles. The second kappa shape index (κ2) is 4.78. The highest BCUT2D eigenvalue weighted by atomic mass is 19.3. The van der Waals surface area contributed by atoms with E-state index in [1.165, 1.54) is 11.9 Å². The normalized spacial score (nSPS) is 24.2. The molecule has 0 unspecified atom stereocenters. The van der Waals surface area contributed by atoms with Gasteiger partial charge in [0.05, 0.1) is 0 Å². The van der Waals surface area contributed by atoms with E-state index in [9.17, 15) is 13.6 Å². The predicted molar refractivity (Wildman–Crippen MR) is 61.2 cm³/mol. The highest BCUT2D eigenvalue weighted by Gasteiger charge is 2.39. The number of ether oxygens (including phenoxy) is 1. The quantitative estimate of drug-likeness (QED) is 0.712. The van der Waals surface area contributed by atoms with Crippen molar-refractivity contribution >= 4 is 6.09 Å². The number of carbonyl (C=O) groups excluding carboxylic acids is 1. The average Bonchev–Trinajstić information content (AvgIpc) is 2.12. The number of rotatable bonds is 1. The molecule has 1 saturated carbocycles. The van der Waals surface area contributed by atoms with Gasteiger partial charge in [0.25, 0.3) is 0 Å². The molecule has 0 bridgehead atoms. The molecule has 0 spiro atoms. The van der Waals surface area contributed by atoms with Crippen LogP contribution >= 0.6 is 0 Å². The smallest absolute Gasteiger partial charge is 0.410 e. The third-order valence-electron chi connectivity index (χ3n) is 2.84. The third kappa shape index (κ3) is 4.48. The van der Waals surface area contributed by atoms with E-state index in [4.69, 9.17) is 4.74 Å². The lowest BCUT2D eigenvalue weighted by Crippen LogP contribution is -2.45. The van der Waals surface area contributed by atoms with Crippen molar-refractivity contribution in [2.75, 3.05) is 7.05 Å². The van der Waals surface area contributed by atoms with Gasteiger partial charge in [-0.2, -0.15) is 0 Å². The van der Waals surface area contributed by atoms with Gasteiger partial charge in [-0.05, 0) is 33.6 Å². The maximum absolute atomic E-state index is 13.2. The van der Waals surface area contributed by atoms with Crippen LogP contribution in [0, 0.1) is 0 Å². The molecule has 1 atom stereocenters. The Morgan fingerprint density at radius 2 is 2.00 bits per heavy atom. The Labute approximate surface area is 101 Å². The molecule has 3 nitrogen and oxygen atoms in total. The van der Waals surface area contributed by atoms with Crippen LogP contribution in [0.1, 0.15) is 46.5 Å². The summed E-state index contributed by atoms with van der Waals surface area (Å²) in [5, 5.41) is 0. The molecule has 1 rings (SSSR count). The molecule has 0 aromatic carbocycles. The Morgan fingerprint density at radius 1 is 1.41 bits per heavy atom. The molecule has 0 aliphatic heterocycles. The second-order valence-corrected chi connectivity index (χ2v) is 5.70. The van der Waals surface area contributed by atoms with Crippen molar-refractivity contribution in [3.05, 3.63) is 0 Å². The summed E-state index contributed by atoms with van der Waals surface area (Å²) < 4.78 is 31.6. The Hall–Kier alpha value is -0.870. The van der Waals surface area contributed by atoms with Gasteiger partial charge in [0, 0.05) is 25.9 Å². The number of nitrogens with zero attached hydrogens (tertiary/aromatic N) is 1. The first-order valence-electron chi connectivity index (χ1n) is 5.94. The molecule has 1 amide bonds. The summed E-state index contributed by atoms with van der Waals surface area (Å²) in [4.78, 5) is 13.0. The Bertz CT molecular complexity index is 287. The van der Waals surface area contributed by atoms with Crippen LogP contribution in [0.3, 0.4) is 0 Å². The number of hydrogen-bond donors (Lipinski definition) is 0. The van der Waals surface area contributed by atoms with E-state index in [2.05, 4.69) is 0 Å². The lowest BCUT2D eigenvalue weighted by molar-refractivity contribution is -0.0621. The summed E-state index contributed by atoms with van der Waals surface area (Å²) in [5.41, 5.74) is -0.595. The van der Waals surface area contributed by atoms with Gasteiger partial charge in [0.15, 0.2) is 0 Å². The lowest BCUT2D eigenvalue weighted by atomic mass is 9.91. The molecule has 0 aromatic heterocycles. The zero-order chi connectivity index (χ0) is 13.3. The molecule has 0 N–H and O–H groups in total. The van der Waals surface area contributed by atoms with Crippen molar-refractivity contribution in [3.8, 4) is 0 Å². The lowest BCUT2D eigenvalue weighted by Gasteiger charge is -2.35. The fraction of sp³-hybridized carbons (Fsp3) is 0.917. The van der Waals surface area contributed by atoms with Crippen LogP contribution in [0.5, 0.6) is 0 Å². The van der Waals surface area contributed by atoms with Crippen LogP contribution in [0.4, 0.5) is 13.6 Å². The van der Waals surface area contributed by atoms with Crippen LogP contribution in [0.2, 0.25) is 0 Å². The standard InChI is InChI=1S/C12H21F2NO2/c1-11(2,3)17-10(16)15(4)9-6-5-7-12(13,14)8-9/h9H,5-8H2,1-4H3/t9-/m1/s1. The Morgan fingerprint density at radius 3 is 2.47 bits per heavy atom. The van der Waals surface area contributed by atoms with Gasteiger partial charge < -0.3 is 9.64 Å². The molecule has 0 saturated heterocycles. The van der Waals surface area contributed by atoms with Crippen molar-refractivity contribution in [3.63, 3.8) is 0 Å². The van der Waals surface area contributed by atoms with Gasteiger partial charge in [0.1, 0.15) is 5.60 Å². The van der Waals surface area contributed by atoms with Crippen LogP contribution < -0.4 is 0 Å². The maximum Gasteiger partial charge on any atom is 0.410 e. The summed E-state index contributed by atoms with van der Waals surface area (Å²) in [6.45, 7) is 5.27. The SMILES string of the molecule is CN(C(=O)OC(C)(C)C)[C@@H]1CCCC(F)(F)C1. The first kappa shape index (κ1) is 14.2. The summed E-state index contributed by atoms with van der Waals surface area (Å²) in [5.74, 6) is -2.65. The van der Waals surface area contributed by atoms with E-state index >= 15 is 0 Å². The third-order valence-corrected chi connectivity index (χ3v) is 2.84. The van der Waals surface area contributed by atoms with Crippen molar-refractivity contribution in [1.82, 2.24) is 4.90 Å². The van der Waals surface area contributed by atoms with E-state index in [0.717, 1.165) is 0 Å². The number of alkyl halides is 2. The minimum atomic E-state index is -2.65. The van der Waals surface area contributed by atoms with E-state index < -0.39 is 23.7 Å². The summed E-state index contributed by atoms with van der Waals surface area (Å²) >= 11 is 0. The molecule has 0 aromatic rings. The zero-order valence-corrected chi connectivity index (χ0v) is 10.9. The van der Waals surface area contributed by atoms with Gasteiger partial charge in [-0.1, -0.05) is 0 Å². The van der Waals surface area contributed by atoms with Crippen LogP contribution in [-0.4, -0.2) is 35.6 Å². The molecule has 100 valence electrons. The first-order valence-corrected chi connectivity index (χ1v) is 5.94. The molecular formula is C12H21F2NO2. The first-order chi connectivity index (χ1) is 7.61. The topological polar surface area (TPSA) is 29.5 Å². The fourth-order valence-electron chi connectivity index (χ4n) is 1.96. The van der Waals surface area contributed by atoms with Crippen LogP contribution in [-0.2, 0) is 4.74 Å². The fourth-order valence-corrected chi connectivity index (χ4v) is 1.96. The van der Waals surface area contributed by atoms with Gasteiger partial charge in [-0.3, -0.25) is 0 Å². The molecule has 1 fully saturated rings. The second-order valence-electron chi connectivity index (χ2n) is 5.70. The van der Waals surface area contributed by atoms with Gasteiger partial charge in [0.2, 0.25) is 5.92 Å². The average molecular weight is 249 g/mol. The number of carbonyl (C=O) groups is 1. The molecule has 1 aliphatic rings. The zero-order valence-electron chi connectivity index (χ0n) is 10.9. The summed E-state index contributed by atoms with van der Waals surface area (Å²) in [6, 6.07) is -0.423. The monoisotopic (exact) mass is 249 g/mol. The molecular weight excluding hydrogens is 228 g/mol. The molecule has 5 heteroatoms. The van der Waals surface area contributed by atoms with E-state index in [1.54, 1.807) is 20.8 Å². The molecule has 1 aliphatic carbocycles. The number of halogens is 2. The maximum atomic E-state index is 13.2. The van der Waals surface area contributed by atoms with E-state index in [0.29, 0.717) is 12.8 Å². The summed E-state index contributed by atoms with van der Waals surface area (Å²) in [6.07, 6.45) is 0.199. The van der Waals surface area contributed by atoms with Gasteiger partial charge in [-0.25, -0.2) is 13.6 Å². The van der Waals surface area contributed by atoms with Crippen molar-refractivity contribution in [2.24, 2.45) is 0 Å². The number of amides is 1. The highest BCUT2D eigenvalue weighted by molar-refractivity contribution is 5.68. The minimum absolute atomic E-state index is 0.0777. The largest absolute Gasteiger partial charge is 0.444 e. The van der Waals surface area contributed by atoms with Crippen molar-refractivity contribution < 1.29 is 18.3 Å². The van der Waals surface area contributed by atoms with Crippen molar-refractivity contribution in [2.45, 2.75) is 64.0 Å². The Balaban J connectivity index is 2.57.